The normalized spacial score (nSPS) is 10.9. The van der Waals surface area contributed by atoms with E-state index >= 15 is 0 Å². The predicted molar refractivity (Wildman–Crippen MR) is 60.6 cm³/mol. The van der Waals surface area contributed by atoms with Crippen LogP contribution in [-0.2, 0) is 0 Å². The van der Waals surface area contributed by atoms with Crippen molar-refractivity contribution in [3.05, 3.63) is 42.5 Å². The summed E-state index contributed by atoms with van der Waals surface area (Å²) in [6.45, 7) is 0. The van der Waals surface area contributed by atoms with Gasteiger partial charge in [0.1, 0.15) is 5.69 Å². The van der Waals surface area contributed by atoms with Crippen molar-refractivity contribution in [3.63, 3.8) is 0 Å². The first-order chi connectivity index (χ1) is 7.40. The van der Waals surface area contributed by atoms with E-state index in [0.29, 0.717) is 5.69 Å². The van der Waals surface area contributed by atoms with Crippen LogP contribution in [0, 0.1) is 5.53 Å². The van der Waals surface area contributed by atoms with Gasteiger partial charge in [-0.1, -0.05) is 30.3 Å². The third kappa shape index (κ3) is 1.06. The van der Waals surface area contributed by atoms with E-state index < -0.39 is 0 Å². The molecule has 0 bridgehead atoms. The van der Waals surface area contributed by atoms with Gasteiger partial charge >= 0.3 is 0 Å². The molecule has 0 fully saturated rings. The summed E-state index contributed by atoms with van der Waals surface area (Å²) in [5, 5.41) is 5.82. The molecule has 3 nitrogen and oxygen atoms in total. The van der Waals surface area contributed by atoms with E-state index in [1.54, 1.807) is 0 Å². The van der Waals surface area contributed by atoms with Crippen LogP contribution in [0.3, 0.4) is 0 Å². The maximum Gasteiger partial charge on any atom is 0.109 e. The lowest BCUT2D eigenvalue weighted by Gasteiger charge is -1.93. The average molecular weight is 195 g/mol. The van der Waals surface area contributed by atoms with E-state index in [9.17, 15) is 0 Å². The van der Waals surface area contributed by atoms with E-state index in [-0.39, 0.29) is 0 Å². The molecule has 15 heavy (non-hydrogen) atoms. The quantitative estimate of drug-likeness (QED) is 0.552. The zero-order chi connectivity index (χ0) is 10.3. The van der Waals surface area contributed by atoms with Crippen LogP contribution in [0.25, 0.3) is 21.8 Å². The molecule has 0 amide bonds. The fourth-order valence-corrected chi connectivity index (χ4v) is 1.95. The SMILES string of the molecule is N=Nc1cccc2c1[nH]c1ccccc12. The number of para-hydroxylation sites is 2. The van der Waals surface area contributed by atoms with Gasteiger partial charge in [-0.05, 0) is 12.1 Å². The highest BCUT2D eigenvalue weighted by molar-refractivity contribution is 6.10. The molecule has 0 aliphatic carbocycles. The molecule has 0 saturated heterocycles. The van der Waals surface area contributed by atoms with Crippen molar-refractivity contribution >= 4 is 27.5 Å². The molecule has 72 valence electrons. The van der Waals surface area contributed by atoms with Crippen molar-refractivity contribution in [2.24, 2.45) is 5.11 Å². The van der Waals surface area contributed by atoms with E-state index in [1.807, 2.05) is 36.4 Å². The minimum atomic E-state index is 0.684. The zero-order valence-corrected chi connectivity index (χ0v) is 7.99. The minimum Gasteiger partial charge on any atom is -0.353 e. The van der Waals surface area contributed by atoms with Gasteiger partial charge in [0.2, 0.25) is 0 Å². The third-order valence-electron chi connectivity index (χ3n) is 2.64. The number of rotatable bonds is 1. The third-order valence-corrected chi connectivity index (χ3v) is 2.64. The molecule has 2 N–H and O–H groups in total. The Morgan fingerprint density at radius 1 is 0.933 bits per heavy atom. The molecule has 2 aromatic carbocycles. The van der Waals surface area contributed by atoms with Crippen LogP contribution in [0.4, 0.5) is 5.69 Å². The summed E-state index contributed by atoms with van der Waals surface area (Å²) in [4.78, 5) is 3.28. The molecular weight excluding hydrogens is 186 g/mol. The molecule has 3 aromatic rings. The lowest BCUT2D eigenvalue weighted by atomic mass is 10.1. The predicted octanol–water partition coefficient (Wildman–Crippen LogP) is 3.98. The topological polar surface area (TPSA) is 52.0 Å². The van der Waals surface area contributed by atoms with Crippen LogP contribution in [0.1, 0.15) is 0 Å². The van der Waals surface area contributed by atoms with Crippen molar-refractivity contribution < 1.29 is 0 Å². The Morgan fingerprint density at radius 3 is 2.60 bits per heavy atom. The summed E-state index contributed by atoms with van der Waals surface area (Å²) in [5.41, 5.74) is 9.81. The second kappa shape index (κ2) is 2.92. The lowest BCUT2D eigenvalue weighted by Crippen LogP contribution is -1.68. The summed E-state index contributed by atoms with van der Waals surface area (Å²) in [6.07, 6.45) is 0. The second-order valence-electron chi connectivity index (χ2n) is 3.48. The molecule has 0 aliphatic rings. The molecule has 0 radical (unpaired) electrons. The largest absolute Gasteiger partial charge is 0.353 e. The highest BCUT2D eigenvalue weighted by Gasteiger charge is 2.05. The molecule has 0 saturated carbocycles. The van der Waals surface area contributed by atoms with Crippen LogP contribution in [-0.4, -0.2) is 4.98 Å². The number of hydrogen-bond acceptors (Lipinski definition) is 2. The first kappa shape index (κ1) is 8.17. The van der Waals surface area contributed by atoms with Gasteiger partial charge in [-0.3, -0.25) is 0 Å². The molecule has 0 aliphatic heterocycles. The van der Waals surface area contributed by atoms with Gasteiger partial charge in [-0.25, -0.2) is 5.53 Å². The van der Waals surface area contributed by atoms with Crippen molar-refractivity contribution in [1.29, 1.82) is 5.53 Å². The number of aromatic amines is 1. The Hall–Kier alpha value is -2.16. The molecule has 3 rings (SSSR count). The Bertz CT molecular complexity index is 652. The number of aromatic nitrogens is 1. The van der Waals surface area contributed by atoms with Crippen molar-refractivity contribution in [2.75, 3.05) is 0 Å². The van der Waals surface area contributed by atoms with Crippen molar-refractivity contribution in [2.45, 2.75) is 0 Å². The molecule has 1 aromatic heterocycles. The fourth-order valence-electron chi connectivity index (χ4n) is 1.95. The molecular formula is C12H9N3. The molecule has 1 heterocycles. The number of nitrogens with zero attached hydrogens (tertiary/aromatic N) is 1. The standard InChI is InChI=1S/C12H9N3/c13-15-11-7-3-5-9-8-4-1-2-6-10(8)14-12(9)11/h1-7,13-14H. The second-order valence-corrected chi connectivity index (χ2v) is 3.48. The van der Waals surface area contributed by atoms with Crippen LogP contribution >= 0.6 is 0 Å². The Morgan fingerprint density at radius 2 is 1.73 bits per heavy atom. The van der Waals surface area contributed by atoms with Crippen LogP contribution in [0.15, 0.2) is 47.6 Å². The number of hydrogen-bond donors (Lipinski definition) is 2. The highest BCUT2D eigenvalue weighted by atomic mass is 15.0. The van der Waals surface area contributed by atoms with Crippen LogP contribution < -0.4 is 0 Å². The van der Waals surface area contributed by atoms with Gasteiger partial charge in [0, 0.05) is 16.3 Å². The van der Waals surface area contributed by atoms with Crippen LogP contribution in [0.2, 0.25) is 0 Å². The summed E-state index contributed by atoms with van der Waals surface area (Å²) < 4.78 is 0. The minimum absolute atomic E-state index is 0.684. The Kier molecular flexibility index (Phi) is 1.59. The summed E-state index contributed by atoms with van der Waals surface area (Å²) in [7, 11) is 0. The first-order valence-electron chi connectivity index (χ1n) is 4.77. The monoisotopic (exact) mass is 195 g/mol. The first-order valence-corrected chi connectivity index (χ1v) is 4.77. The summed E-state index contributed by atoms with van der Waals surface area (Å²) >= 11 is 0. The van der Waals surface area contributed by atoms with E-state index in [4.69, 9.17) is 5.53 Å². The van der Waals surface area contributed by atoms with E-state index in [2.05, 4.69) is 16.2 Å². The van der Waals surface area contributed by atoms with Gasteiger partial charge in [-0.2, -0.15) is 5.11 Å². The highest BCUT2D eigenvalue weighted by Crippen LogP contribution is 2.31. The Balaban J connectivity index is 2.59. The van der Waals surface area contributed by atoms with Gasteiger partial charge in [0.25, 0.3) is 0 Å². The number of benzene rings is 2. The van der Waals surface area contributed by atoms with Gasteiger partial charge < -0.3 is 4.98 Å². The fraction of sp³-hybridized carbons (Fsp3) is 0. The number of H-pyrrole nitrogens is 1. The van der Waals surface area contributed by atoms with E-state index in [1.165, 1.54) is 5.39 Å². The van der Waals surface area contributed by atoms with Crippen molar-refractivity contribution in [1.82, 2.24) is 4.98 Å². The van der Waals surface area contributed by atoms with Gasteiger partial charge in [0.05, 0.1) is 5.52 Å². The zero-order valence-electron chi connectivity index (χ0n) is 7.99. The van der Waals surface area contributed by atoms with Gasteiger partial charge in [0.15, 0.2) is 0 Å². The summed E-state index contributed by atoms with van der Waals surface area (Å²) in [6, 6.07) is 13.9. The molecule has 0 unspecified atom stereocenters. The summed E-state index contributed by atoms with van der Waals surface area (Å²) in [5.74, 6) is 0. The van der Waals surface area contributed by atoms with Crippen LogP contribution in [0.5, 0.6) is 0 Å². The molecule has 3 heteroatoms. The van der Waals surface area contributed by atoms with Gasteiger partial charge in [-0.15, -0.1) is 0 Å². The smallest absolute Gasteiger partial charge is 0.109 e. The number of fused-ring (bicyclic) bond motifs is 3. The maximum atomic E-state index is 7.10. The lowest BCUT2D eigenvalue weighted by molar-refractivity contribution is 1.15. The van der Waals surface area contributed by atoms with Crippen molar-refractivity contribution in [3.8, 4) is 0 Å². The maximum absolute atomic E-state index is 7.10. The molecule has 0 atom stereocenters. The van der Waals surface area contributed by atoms with E-state index in [0.717, 1.165) is 16.4 Å². The Labute approximate surface area is 86.2 Å². The molecule has 0 spiro atoms. The number of nitrogens with one attached hydrogen (secondary N) is 2. The average Bonchev–Trinajstić information content (AvgIpc) is 2.67.